The molecule has 0 unspecified atom stereocenters. The highest BCUT2D eigenvalue weighted by molar-refractivity contribution is 7.25. The highest BCUT2D eigenvalue weighted by Crippen LogP contribution is 2.16. The number of aromatic nitrogens is 1. The standard InChI is InChI=1S/C7H6NP.HOP/c1-2-4-7-6(3-1)5-9-8-7;1-2/h1-5,8H;2H. The van der Waals surface area contributed by atoms with Crippen LogP contribution >= 0.6 is 17.5 Å². The van der Waals surface area contributed by atoms with E-state index in [1.165, 1.54) is 19.3 Å². The van der Waals surface area contributed by atoms with Crippen molar-refractivity contribution in [1.82, 2.24) is 4.75 Å². The van der Waals surface area contributed by atoms with Gasteiger partial charge >= 0.3 is 0 Å². The molecule has 0 spiro atoms. The molecule has 0 radical (unpaired) electrons. The molecule has 0 atom stereocenters. The molecule has 0 saturated heterocycles. The topological polar surface area (TPSA) is 32.9 Å². The lowest BCUT2D eigenvalue weighted by Crippen LogP contribution is -1.61. The van der Waals surface area contributed by atoms with E-state index in [-0.39, 0.29) is 0 Å². The van der Waals surface area contributed by atoms with Crippen molar-refractivity contribution >= 4 is 28.4 Å². The first-order valence-electron chi connectivity index (χ1n) is 3.05. The molecule has 0 aliphatic carbocycles. The number of H-pyrrole nitrogens is 1. The molecule has 1 N–H and O–H groups in total. The second-order valence-electron chi connectivity index (χ2n) is 1.96. The van der Waals surface area contributed by atoms with Crippen LogP contribution in [0.5, 0.6) is 0 Å². The molecule has 4 heteroatoms. The summed E-state index contributed by atoms with van der Waals surface area (Å²) in [6.07, 6.45) is 0. The van der Waals surface area contributed by atoms with Crippen LogP contribution in [0.4, 0.5) is 0 Å². The molecule has 0 bridgehead atoms. The van der Waals surface area contributed by atoms with Crippen molar-refractivity contribution in [2.45, 2.75) is 0 Å². The Kier molecular flexibility index (Phi) is 3.22. The average molecular weight is 183 g/mol. The summed E-state index contributed by atoms with van der Waals surface area (Å²) in [5, 5.41) is 1.32. The summed E-state index contributed by atoms with van der Waals surface area (Å²) in [5.41, 5.74) is 1.25. The molecule has 0 aliphatic heterocycles. The Bertz CT molecular complexity index is 303. The van der Waals surface area contributed by atoms with Gasteiger partial charge in [0, 0.05) is 19.3 Å². The van der Waals surface area contributed by atoms with Crippen molar-refractivity contribution in [3.8, 4) is 0 Å². The molecule has 0 saturated carbocycles. The van der Waals surface area contributed by atoms with Crippen LogP contribution in [0.25, 0.3) is 10.9 Å². The second kappa shape index (κ2) is 4.23. The van der Waals surface area contributed by atoms with E-state index in [0.717, 1.165) is 0 Å². The third-order valence-electron chi connectivity index (χ3n) is 1.35. The molecule has 2 nitrogen and oxygen atoms in total. The van der Waals surface area contributed by atoms with Crippen LogP contribution in [0.2, 0.25) is 0 Å². The van der Waals surface area contributed by atoms with Crippen LogP contribution in [0.3, 0.4) is 0 Å². The zero-order chi connectivity index (χ0) is 8.10. The van der Waals surface area contributed by atoms with Gasteiger partial charge in [0.2, 0.25) is 0 Å². The smallest absolute Gasteiger partial charge is 0.138 e. The molecule has 0 amide bonds. The second-order valence-corrected chi connectivity index (χ2v) is 2.70. The van der Waals surface area contributed by atoms with Crippen molar-refractivity contribution in [1.29, 1.82) is 0 Å². The fourth-order valence-corrected chi connectivity index (χ4v) is 1.65. The third kappa shape index (κ3) is 1.86. The predicted octanol–water partition coefficient (Wildman–Crippen LogP) is 3.22. The quantitative estimate of drug-likeness (QED) is 0.625. The van der Waals surface area contributed by atoms with E-state index in [1.807, 2.05) is 6.07 Å². The molecule has 0 fully saturated rings. The van der Waals surface area contributed by atoms with Crippen LogP contribution in [-0.4, -0.2) is 4.75 Å². The number of hydrogen-bond acceptors (Lipinski definition) is 1. The van der Waals surface area contributed by atoms with Gasteiger partial charge in [-0.1, -0.05) is 18.2 Å². The summed E-state index contributed by atoms with van der Waals surface area (Å²) in [6, 6.07) is 8.30. The van der Waals surface area contributed by atoms with Gasteiger partial charge in [-0.15, -0.1) is 0 Å². The Balaban J connectivity index is 0.000000281. The summed E-state index contributed by atoms with van der Waals surface area (Å²) in [7, 11) is 2.92. The molecule has 56 valence electrons. The van der Waals surface area contributed by atoms with Crippen LogP contribution in [-0.2, 0) is 4.57 Å². The Morgan fingerprint density at radius 3 is 2.73 bits per heavy atom. The van der Waals surface area contributed by atoms with Gasteiger partial charge in [0.25, 0.3) is 0 Å². The monoisotopic (exact) mass is 183 g/mol. The zero-order valence-corrected chi connectivity index (χ0v) is 7.64. The number of fused-ring (bicyclic) bond motifs is 1. The first kappa shape index (κ1) is 8.39. The van der Waals surface area contributed by atoms with Gasteiger partial charge in [-0.3, -0.25) is 4.57 Å². The predicted molar refractivity (Wildman–Crippen MR) is 49.8 cm³/mol. The van der Waals surface area contributed by atoms with E-state index in [2.05, 4.69) is 28.7 Å². The lowest BCUT2D eigenvalue weighted by molar-refractivity contribution is 0.607. The molecule has 1 aromatic carbocycles. The molecule has 11 heavy (non-hydrogen) atoms. The van der Waals surface area contributed by atoms with Gasteiger partial charge in [0.1, 0.15) is 9.12 Å². The maximum Gasteiger partial charge on any atom is 0.138 e. The first-order chi connectivity index (χ1) is 5.47. The molecular formula is C7H7NOP2. The van der Waals surface area contributed by atoms with Crippen LogP contribution in [0.15, 0.2) is 30.1 Å². The SMILES string of the molecule is O=P.c1ccc2[nH]pcc2c1. The number of para-hydroxylation sites is 1. The summed E-state index contributed by atoms with van der Waals surface area (Å²) >= 11 is 0. The van der Waals surface area contributed by atoms with E-state index < -0.39 is 0 Å². The fourth-order valence-electron chi connectivity index (χ4n) is 0.883. The lowest BCUT2D eigenvalue weighted by Gasteiger charge is -1.82. The van der Waals surface area contributed by atoms with E-state index in [4.69, 9.17) is 4.57 Å². The first-order valence-corrected chi connectivity index (χ1v) is 4.42. The Labute approximate surface area is 68.4 Å². The molecular weight excluding hydrogens is 176 g/mol. The van der Waals surface area contributed by atoms with E-state index in [0.29, 0.717) is 0 Å². The third-order valence-corrected chi connectivity index (χ3v) is 2.13. The largest absolute Gasteiger partial charge is 0.338 e. The summed E-state index contributed by atoms with van der Waals surface area (Å²) in [6.45, 7) is 0. The van der Waals surface area contributed by atoms with E-state index >= 15 is 0 Å². The molecule has 1 aromatic heterocycles. The minimum Gasteiger partial charge on any atom is -0.338 e. The van der Waals surface area contributed by atoms with Gasteiger partial charge in [-0.2, -0.15) is 0 Å². The summed E-state index contributed by atoms with van der Waals surface area (Å²) < 4.78 is 11.3. The minimum atomic E-state index is 1.20. The normalized spacial score (nSPS) is 9.45. The van der Waals surface area contributed by atoms with Crippen LogP contribution in [0, 0.1) is 0 Å². The highest BCUT2D eigenvalue weighted by Gasteiger charge is 1.87. The molecule has 2 aromatic rings. The maximum absolute atomic E-state index is 8.06. The van der Waals surface area contributed by atoms with Crippen molar-refractivity contribution in [2.24, 2.45) is 0 Å². The van der Waals surface area contributed by atoms with Crippen LogP contribution < -0.4 is 0 Å². The number of nitrogens with one attached hydrogen (secondary N) is 1. The lowest BCUT2D eigenvalue weighted by atomic mass is 10.3. The number of benzene rings is 1. The van der Waals surface area contributed by atoms with Crippen molar-refractivity contribution < 1.29 is 4.57 Å². The zero-order valence-electron chi connectivity index (χ0n) is 5.74. The highest BCUT2D eigenvalue weighted by atomic mass is 31.0. The van der Waals surface area contributed by atoms with Crippen molar-refractivity contribution in [2.75, 3.05) is 0 Å². The Morgan fingerprint density at radius 2 is 2.00 bits per heavy atom. The molecule has 0 aliphatic rings. The fraction of sp³-hybridized carbons (Fsp3) is 0. The number of hydrogen-bond donors (Lipinski definition) is 1. The van der Waals surface area contributed by atoms with Gasteiger partial charge < -0.3 is 4.75 Å². The van der Waals surface area contributed by atoms with E-state index in [1.54, 1.807) is 9.12 Å². The van der Waals surface area contributed by atoms with Gasteiger partial charge in [0.05, 0.1) is 0 Å². The average Bonchev–Trinajstić information content (AvgIpc) is 2.55. The Morgan fingerprint density at radius 1 is 1.27 bits per heavy atom. The number of aromatic amines is 1. The van der Waals surface area contributed by atoms with Gasteiger partial charge in [-0.25, -0.2) is 0 Å². The van der Waals surface area contributed by atoms with Crippen molar-refractivity contribution in [3.05, 3.63) is 30.1 Å². The minimum absolute atomic E-state index is 1.20. The summed E-state index contributed by atoms with van der Waals surface area (Å²) in [4.78, 5) is 0. The van der Waals surface area contributed by atoms with Crippen LogP contribution in [0.1, 0.15) is 0 Å². The number of rotatable bonds is 0. The van der Waals surface area contributed by atoms with Gasteiger partial charge in [0.15, 0.2) is 0 Å². The molecule has 2 rings (SSSR count). The van der Waals surface area contributed by atoms with Gasteiger partial charge in [-0.05, 0) is 11.9 Å². The summed E-state index contributed by atoms with van der Waals surface area (Å²) in [5.74, 6) is 2.16. The van der Waals surface area contributed by atoms with E-state index in [9.17, 15) is 0 Å². The maximum atomic E-state index is 8.06. The van der Waals surface area contributed by atoms with Crippen molar-refractivity contribution in [3.63, 3.8) is 0 Å². The molecule has 1 heterocycles. The Hall–Kier alpha value is -0.710.